The van der Waals surface area contributed by atoms with Crippen LogP contribution in [0.25, 0.3) is 0 Å². The van der Waals surface area contributed by atoms with Crippen molar-refractivity contribution in [2.45, 2.75) is 341 Å². The summed E-state index contributed by atoms with van der Waals surface area (Å²) in [5.74, 6) is -0.191. The van der Waals surface area contributed by atoms with Gasteiger partial charge in [-0.15, -0.1) is 0 Å². The summed E-state index contributed by atoms with van der Waals surface area (Å²) in [5, 5.41) is 13.9. The maximum atomic E-state index is 13.0. The molecule has 0 rings (SSSR count). The highest BCUT2D eigenvalue weighted by molar-refractivity contribution is 7.45. The Bertz CT molecular complexity index is 1240. The Kier molecular flexibility index (Phi) is 54.9. The van der Waals surface area contributed by atoms with Crippen molar-refractivity contribution in [1.82, 2.24) is 5.32 Å². The Morgan fingerprint density at radius 1 is 0.466 bits per heavy atom. The van der Waals surface area contributed by atoms with Crippen molar-refractivity contribution < 1.29 is 32.9 Å². The number of hydrogen-bond acceptors (Lipinski definition) is 6. The average molecular weight is 1050 g/mol. The summed E-state index contributed by atoms with van der Waals surface area (Å²) in [6.45, 7) is 4.70. The fourth-order valence-corrected chi connectivity index (χ4v) is 10.6. The fraction of sp³-hybridized carbons (Fsp3) is 0.922. The number of rotatable bonds is 60. The van der Waals surface area contributed by atoms with E-state index in [0.29, 0.717) is 17.4 Å². The molecule has 3 atom stereocenters. The minimum atomic E-state index is -4.60. The van der Waals surface area contributed by atoms with Crippen LogP contribution >= 0.6 is 7.82 Å². The molecule has 0 fully saturated rings. The van der Waals surface area contributed by atoms with Gasteiger partial charge in [0.1, 0.15) is 13.2 Å². The van der Waals surface area contributed by atoms with Crippen LogP contribution in [-0.2, 0) is 18.4 Å². The van der Waals surface area contributed by atoms with Gasteiger partial charge in [-0.25, -0.2) is 0 Å². The predicted octanol–water partition coefficient (Wildman–Crippen LogP) is 19.3. The zero-order valence-corrected chi connectivity index (χ0v) is 50.5. The Labute approximate surface area is 455 Å². The first-order valence-electron chi connectivity index (χ1n) is 32.2. The highest BCUT2D eigenvalue weighted by atomic mass is 31.2. The molecular weight excluding hydrogens is 924 g/mol. The number of nitrogens with one attached hydrogen (secondary N) is 1. The summed E-state index contributed by atoms with van der Waals surface area (Å²) >= 11 is 0. The minimum absolute atomic E-state index is 0.00154. The van der Waals surface area contributed by atoms with E-state index in [2.05, 4.69) is 31.3 Å². The number of nitrogens with zero attached hydrogens (tertiary/aromatic N) is 1. The molecule has 0 saturated carbocycles. The van der Waals surface area contributed by atoms with Gasteiger partial charge >= 0.3 is 0 Å². The molecule has 0 aromatic rings. The number of unbranched alkanes of at least 4 members (excludes halogenated alkanes) is 45. The third kappa shape index (κ3) is 58.5. The third-order valence-corrected chi connectivity index (χ3v) is 15.9. The smallest absolute Gasteiger partial charge is 0.268 e. The first-order valence-corrected chi connectivity index (χ1v) is 33.7. The average Bonchev–Trinajstić information content (AvgIpc) is 3.35. The molecule has 1 amide bonds. The summed E-state index contributed by atoms with van der Waals surface area (Å²) in [6, 6.07) is -0.884. The van der Waals surface area contributed by atoms with Gasteiger partial charge in [0.15, 0.2) is 0 Å². The molecule has 0 aliphatic carbocycles. The first-order chi connectivity index (χ1) is 35.5. The number of hydrogen-bond donors (Lipinski definition) is 2. The van der Waals surface area contributed by atoms with E-state index >= 15 is 0 Å². The highest BCUT2D eigenvalue weighted by Crippen LogP contribution is 2.38. The fourth-order valence-electron chi connectivity index (χ4n) is 9.86. The third-order valence-electron chi connectivity index (χ3n) is 14.9. The van der Waals surface area contributed by atoms with Crippen LogP contribution in [0.1, 0.15) is 328 Å². The van der Waals surface area contributed by atoms with Crippen LogP contribution in [-0.4, -0.2) is 68.5 Å². The lowest BCUT2D eigenvalue weighted by Gasteiger charge is -2.29. The number of carbonyl (C=O) groups is 1. The van der Waals surface area contributed by atoms with Crippen LogP contribution in [0.4, 0.5) is 0 Å². The molecule has 0 aliphatic heterocycles. The number of phosphoric acid groups is 1. The van der Waals surface area contributed by atoms with Gasteiger partial charge in [-0.1, -0.05) is 301 Å². The van der Waals surface area contributed by atoms with Crippen molar-refractivity contribution in [3.05, 3.63) is 24.3 Å². The van der Waals surface area contributed by atoms with Crippen molar-refractivity contribution in [2.75, 3.05) is 40.9 Å². The molecule has 2 N–H and O–H groups in total. The largest absolute Gasteiger partial charge is 0.756 e. The lowest BCUT2D eigenvalue weighted by Crippen LogP contribution is -2.45. The Balaban J connectivity index is 4.02. The lowest BCUT2D eigenvalue weighted by molar-refractivity contribution is -0.870. The van der Waals surface area contributed by atoms with Gasteiger partial charge in [0.25, 0.3) is 7.82 Å². The maximum absolute atomic E-state index is 13.0. The van der Waals surface area contributed by atoms with E-state index in [9.17, 15) is 19.4 Å². The predicted molar refractivity (Wildman–Crippen MR) is 316 cm³/mol. The summed E-state index contributed by atoms with van der Waals surface area (Å²) < 4.78 is 23.4. The first kappa shape index (κ1) is 72.0. The van der Waals surface area contributed by atoms with Gasteiger partial charge in [-0.05, 0) is 44.9 Å². The SMILES string of the molecule is CCCCCCCCCCCCCC/C=C\CCCCCCCCCCCCCCCCCCCC(=O)NC(COP(=O)([O-])OCC[N+](C)(C)C)C(O)/C=C/CCCCCCCCCCCCCCCCCC. The maximum Gasteiger partial charge on any atom is 0.268 e. The monoisotopic (exact) mass is 1050 g/mol. The van der Waals surface area contributed by atoms with Crippen LogP contribution in [0.15, 0.2) is 24.3 Å². The molecule has 0 aromatic carbocycles. The van der Waals surface area contributed by atoms with Crippen LogP contribution < -0.4 is 10.2 Å². The van der Waals surface area contributed by atoms with Gasteiger partial charge in [0, 0.05) is 6.42 Å². The van der Waals surface area contributed by atoms with E-state index in [1.807, 2.05) is 27.2 Å². The number of amides is 1. The number of allylic oxidation sites excluding steroid dienone is 3. The molecule has 0 aromatic heterocycles. The summed E-state index contributed by atoms with van der Waals surface area (Å²) in [4.78, 5) is 25.5. The number of likely N-dealkylation sites (N-methyl/N-ethyl adjacent to an activating group) is 1. The number of quaternary nitrogens is 1. The Hall–Kier alpha value is -1.02. The standard InChI is InChI=1S/C64H127N2O6P/c1-6-8-10-12-14-16-18-20-22-24-26-27-28-29-30-31-32-33-34-35-36-37-38-39-40-42-44-46-48-50-52-54-56-58-64(68)65-62(61-72-73(69,70)71-60-59-66(3,4)5)63(67)57-55-53-51-49-47-45-43-41-25-23-21-19-17-15-13-11-9-7-2/h29-30,55,57,62-63,67H,6-28,31-54,56,58-61H2,1-5H3,(H-,65,68,69,70)/b30-29-,57-55+. The molecule has 73 heavy (non-hydrogen) atoms. The zero-order valence-electron chi connectivity index (χ0n) is 49.6. The van der Waals surface area contributed by atoms with E-state index in [-0.39, 0.29) is 19.1 Å². The van der Waals surface area contributed by atoms with Crippen LogP contribution in [0.3, 0.4) is 0 Å². The summed E-state index contributed by atoms with van der Waals surface area (Å²) in [7, 11) is 1.28. The lowest BCUT2D eigenvalue weighted by atomic mass is 10.0. The molecule has 0 radical (unpaired) electrons. The van der Waals surface area contributed by atoms with E-state index in [4.69, 9.17) is 9.05 Å². The van der Waals surface area contributed by atoms with Gasteiger partial charge in [-0.2, -0.15) is 0 Å². The molecule has 3 unspecified atom stereocenters. The van der Waals surface area contributed by atoms with Crippen molar-refractivity contribution in [1.29, 1.82) is 0 Å². The molecule has 434 valence electrons. The van der Waals surface area contributed by atoms with E-state index in [1.165, 1.54) is 270 Å². The van der Waals surface area contributed by atoms with E-state index in [0.717, 1.165) is 38.5 Å². The van der Waals surface area contributed by atoms with Crippen LogP contribution in [0.2, 0.25) is 0 Å². The molecule has 9 heteroatoms. The van der Waals surface area contributed by atoms with Crippen molar-refractivity contribution in [3.63, 3.8) is 0 Å². The minimum Gasteiger partial charge on any atom is -0.756 e. The molecule has 0 bridgehead atoms. The van der Waals surface area contributed by atoms with E-state index in [1.54, 1.807) is 6.08 Å². The van der Waals surface area contributed by atoms with E-state index < -0.39 is 20.0 Å². The quantitative estimate of drug-likeness (QED) is 0.0272. The second-order valence-electron chi connectivity index (χ2n) is 23.5. The van der Waals surface area contributed by atoms with Crippen LogP contribution in [0, 0.1) is 0 Å². The second kappa shape index (κ2) is 55.7. The Morgan fingerprint density at radius 2 is 0.753 bits per heavy atom. The van der Waals surface area contributed by atoms with Gasteiger partial charge in [0.2, 0.25) is 5.91 Å². The van der Waals surface area contributed by atoms with Gasteiger partial charge in [0.05, 0.1) is 39.9 Å². The van der Waals surface area contributed by atoms with Crippen LogP contribution in [0.5, 0.6) is 0 Å². The molecule has 0 aliphatic rings. The Morgan fingerprint density at radius 3 is 1.07 bits per heavy atom. The van der Waals surface area contributed by atoms with Crippen molar-refractivity contribution in [3.8, 4) is 0 Å². The van der Waals surface area contributed by atoms with Gasteiger partial charge in [-0.3, -0.25) is 9.36 Å². The van der Waals surface area contributed by atoms with Gasteiger partial charge < -0.3 is 28.8 Å². The zero-order chi connectivity index (χ0) is 53.5. The number of phosphoric ester groups is 1. The topological polar surface area (TPSA) is 108 Å². The van der Waals surface area contributed by atoms with Crippen molar-refractivity contribution >= 4 is 13.7 Å². The molecule has 0 spiro atoms. The number of aliphatic hydroxyl groups is 1. The van der Waals surface area contributed by atoms with Crippen molar-refractivity contribution in [2.24, 2.45) is 0 Å². The second-order valence-corrected chi connectivity index (χ2v) is 24.9. The number of aliphatic hydroxyl groups excluding tert-OH is 1. The highest BCUT2D eigenvalue weighted by Gasteiger charge is 2.23. The molecule has 8 nitrogen and oxygen atoms in total. The number of carbonyl (C=O) groups excluding carboxylic acids is 1. The molecular formula is C64H127N2O6P. The molecule has 0 heterocycles. The summed E-state index contributed by atoms with van der Waals surface area (Å²) in [6.07, 6.45) is 71.4. The summed E-state index contributed by atoms with van der Waals surface area (Å²) in [5.41, 5.74) is 0. The molecule has 0 saturated heterocycles. The normalized spacial score (nSPS) is 13.9.